The number of benzene rings is 4. The maximum atomic E-state index is 12.3. The van der Waals surface area contributed by atoms with Gasteiger partial charge >= 0.3 is 37.7 Å². The summed E-state index contributed by atoms with van der Waals surface area (Å²) in [7, 11) is -9.36. The fraction of sp³-hybridized carbons (Fsp3) is 0.520. The number of para-hydroxylation sites is 2. The summed E-state index contributed by atoms with van der Waals surface area (Å²) in [5.41, 5.74) is 0.633. The minimum absolute atomic E-state index is 0. The van der Waals surface area contributed by atoms with Crippen LogP contribution in [0.15, 0.2) is 94.7 Å². The van der Waals surface area contributed by atoms with E-state index >= 15 is 0 Å². The molecule has 0 saturated carbocycles. The van der Waals surface area contributed by atoms with E-state index in [1.807, 2.05) is 24.3 Å². The molecule has 10 nitrogen and oxygen atoms in total. The van der Waals surface area contributed by atoms with Crippen LogP contribution in [0.1, 0.15) is 166 Å². The number of aryl methyl sites for hydroxylation is 2. The van der Waals surface area contributed by atoms with Crippen molar-refractivity contribution in [3.63, 3.8) is 0 Å². The minimum atomic E-state index is -4.84. The zero-order valence-electron chi connectivity index (χ0n) is 37.7. The van der Waals surface area contributed by atoms with E-state index in [0.29, 0.717) is 35.7 Å². The summed E-state index contributed by atoms with van der Waals surface area (Å²) in [6.07, 6.45) is 26.9. The predicted molar refractivity (Wildman–Crippen MR) is 251 cm³/mol. The molecule has 0 fully saturated rings. The first kappa shape index (κ1) is 56.3. The fourth-order valence-electron chi connectivity index (χ4n) is 7.56. The molecule has 4 aromatic carbocycles. The number of unbranched alkanes of at least 4 members (excludes halogenated alkanes) is 20. The number of phenols is 1. The molecule has 2 N–H and O–H groups in total. The number of hydrogen-bond acceptors (Lipinski definition) is 9. The van der Waals surface area contributed by atoms with Crippen molar-refractivity contribution in [2.75, 3.05) is 0 Å². The Morgan fingerprint density at radius 1 is 0.476 bits per heavy atom. The summed E-state index contributed by atoms with van der Waals surface area (Å²) in [5, 5.41) is 22.6. The predicted octanol–water partition coefficient (Wildman–Crippen LogP) is 13.2. The first-order valence-electron chi connectivity index (χ1n) is 22.9. The molecule has 0 amide bonds. The number of phenolic OH excluding ortho intramolecular Hbond substituents is 1. The Kier molecular flexibility index (Phi) is 28.5. The van der Waals surface area contributed by atoms with E-state index < -0.39 is 41.5 Å². The number of ether oxygens (including phenoxy) is 2. The van der Waals surface area contributed by atoms with E-state index in [4.69, 9.17) is 9.47 Å². The number of hydrogen-bond donors (Lipinski definition) is 2. The zero-order valence-corrected chi connectivity index (χ0v) is 41.6. The molecule has 0 spiro atoms. The van der Waals surface area contributed by atoms with Crippen LogP contribution in [0.3, 0.4) is 0 Å². The van der Waals surface area contributed by atoms with Crippen molar-refractivity contribution in [2.45, 2.75) is 178 Å². The maximum absolute atomic E-state index is 12.3. The van der Waals surface area contributed by atoms with Crippen LogP contribution < -0.4 is 14.6 Å². The van der Waals surface area contributed by atoms with Gasteiger partial charge in [0.1, 0.15) is 43.8 Å². The Balaban J connectivity index is 0.000000427. The summed E-state index contributed by atoms with van der Waals surface area (Å²) < 4.78 is 79.5. The summed E-state index contributed by atoms with van der Waals surface area (Å²) >= 11 is 0. The third-order valence-corrected chi connectivity index (χ3v) is 12.7. The van der Waals surface area contributed by atoms with Gasteiger partial charge in [-0.1, -0.05) is 184 Å². The molecule has 0 saturated heterocycles. The summed E-state index contributed by atoms with van der Waals surface area (Å²) in [6, 6.07) is 23.4. The van der Waals surface area contributed by atoms with Crippen LogP contribution in [0.4, 0.5) is 0 Å². The molecule has 4 aromatic rings. The number of aromatic hydroxyl groups is 1. The normalized spacial score (nSPS) is 11.4. The molecular weight excluding hydrogens is 865 g/mol. The van der Waals surface area contributed by atoms with E-state index in [2.05, 4.69) is 13.8 Å². The Morgan fingerprint density at radius 3 is 1.16 bits per heavy atom. The van der Waals surface area contributed by atoms with Gasteiger partial charge in [0.05, 0.1) is 0 Å². The van der Waals surface area contributed by atoms with Crippen LogP contribution in [0.5, 0.6) is 34.5 Å². The topological polar surface area (TPSA) is 173 Å². The molecular formula is C50H70CaO10S2. The first-order valence-corrected chi connectivity index (χ1v) is 25.8. The van der Waals surface area contributed by atoms with Crippen LogP contribution in [0.25, 0.3) is 0 Å². The third-order valence-electron chi connectivity index (χ3n) is 10.8. The molecule has 344 valence electrons. The van der Waals surface area contributed by atoms with Gasteiger partial charge in [-0.25, -0.2) is 8.42 Å². The van der Waals surface area contributed by atoms with Crippen molar-refractivity contribution in [3.05, 3.63) is 96.1 Å². The Hall–Kier alpha value is -2.84. The second-order valence-electron chi connectivity index (χ2n) is 16.2. The first-order chi connectivity index (χ1) is 29.8. The van der Waals surface area contributed by atoms with E-state index in [1.165, 1.54) is 108 Å². The molecule has 63 heavy (non-hydrogen) atoms. The van der Waals surface area contributed by atoms with Crippen molar-refractivity contribution in [1.29, 1.82) is 0 Å². The van der Waals surface area contributed by atoms with Gasteiger partial charge in [-0.3, -0.25) is 4.55 Å². The van der Waals surface area contributed by atoms with Crippen molar-refractivity contribution < 1.29 is 45.6 Å². The van der Waals surface area contributed by atoms with Crippen LogP contribution in [0.2, 0.25) is 0 Å². The average molecular weight is 935 g/mol. The van der Waals surface area contributed by atoms with Crippen molar-refractivity contribution >= 4 is 58.0 Å². The molecule has 0 unspecified atom stereocenters. The van der Waals surface area contributed by atoms with Crippen LogP contribution in [0, 0.1) is 0 Å². The Morgan fingerprint density at radius 2 is 0.810 bits per heavy atom. The summed E-state index contributed by atoms with van der Waals surface area (Å²) in [4.78, 5) is -1.06. The van der Waals surface area contributed by atoms with E-state index in [0.717, 1.165) is 51.0 Å². The molecule has 0 aliphatic heterocycles. The molecule has 0 atom stereocenters. The Bertz CT molecular complexity index is 1910. The van der Waals surface area contributed by atoms with Gasteiger partial charge in [-0.05, 0) is 79.3 Å². The minimum Gasteiger partial charge on any atom is -0.872 e. The van der Waals surface area contributed by atoms with Crippen LogP contribution in [-0.4, -0.2) is 68.8 Å². The smallest absolute Gasteiger partial charge is 0.872 e. The molecule has 0 aliphatic carbocycles. The summed E-state index contributed by atoms with van der Waals surface area (Å²) in [5.74, 6) is 0.425. The summed E-state index contributed by atoms with van der Waals surface area (Å²) in [6.45, 7) is 4.45. The molecule has 13 heteroatoms. The van der Waals surface area contributed by atoms with Gasteiger partial charge in [0, 0.05) is 11.0 Å². The molecule has 0 aliphatic rings. The maximum Gasteiger partial charge on any atom is 2.00 e. The number of rotatable bonds is 30. The van der Waals surface area contributed by atoms with E-state index in [1.54, 1.807) is 42.5 Å². The molecule has 0 aromatic heterocycles. The Labute approximate surface area is 408 Å². The van der Waals surface area contributed by atoms with Crippen molar-refractivity contribution in [1.82, 2.24) is 0 Å². The second kappa shape index (κ2) is 31.9. The second-order valence-corrected chi connectivity index (χ2v) is 18.8. The average Bonchev–Trinajstić information content (AvgIpc) is 3.21. The van der Waals surface area contributed by atoms with Crippen molar-refractivity contribution in [3.8, 4) is 34.5 Å². The zero-order chi connectivity index (χ0) is 45.1. The van der Waals surface area contributed by atoms with E-state index in [9.17, 15) is 36.2 Å². The SMILES string of the molecule is CCCCCCCCCCCCCc1cc(Oc2ccccc2)cc(O)c1S(=O)(=O)O.CCCCCCCCCCCCCc1cc(Oc2ccccc2)cc([O-])c1S(=O)(=O)[O-].[Ca+2]. The molecule has 0 radical (unpaired) electrons. The van der Waals surface area contributed by atoms with Crippen LogP contribution in [-0.2, 0) is 33.1 Å². The van der Waals surface area contributed by atoms with Crippen LogP contribution >= 0.6 is 0 Å². The van der Waals surface area contributed by atoms with Gasteiger partial charge in [0.25, 0.3) is 10.1 Å². The van der Waals surface area contributed by atoms with Gasteiger partial charge in [0.2, 0.25) is 0 Å². The standard InChI is InChI=1S/2C25H36O5S.Ca/c2*1-2-3-4-5-6-7-8-9-10-11-13-16-21-19-23(30-22-17-14-12-15-18-22)20-24(26)25(21)31(27,28)29;/h2*12,14-15,17-20,26H,2-11,13,16H2,1H3,(H,27,28,29);/q;;+2/p-2. The molecule has 0 bridgehead atoms. The van der Waals surface area contributed by atoms with Gasteiger partial charge in [-0.2, -0.15) is 8.42 Å². The molecule has 4 rings (SSSR count). The largest absolute Gasteiger partial charge is 2.00 e. The van der Waals surface area contributed by atoms with Crippen molar-refractivity contribution in [2.24, 2.45) is 0 Å². The monoisotopic (exact) mass is 934 g/mol. The van der Waals surface area contributed by atoms with Gasteiger partial charge < -0.3 is 24.2 Å². The fourth-order valence-corrected chi connectivity index (χ4v) is 9.16. The van der Waals surface area contributed by atoms with E-state index in [-0.39, 0.29) is 49.1 Å². The van der Waals surface area contributed by atoms with Gasteiger partial charge in [0.15, 0.2) is 0 Å². The quantitative estimate of drug-likeness (QED) is 0.0291. The third kappa shape index (κ3) is 23.3. The van der Waals surface area contributed by atoms with Gasteiger partial charge in [-0.15, -0.1) is 0 Å². The molecule has 0 heterocycles.